The number of halogens is 2. The smallest absolute Gasteiger partial charge is 0.0809 e. The van der Waals surface area contributed by atoms with Crippen molar-refractivity contribution in [1.82, 2.24) is 0 Å². The molecule has 3 aliphatic rings. The molecule has 1 heterocycles. The Kier molecular flexibility index (Phi) is 12.8. The molecule has 0 spiro atoms. The third-order valence-electron chi connectivity index (χ3n) is 9.61. The molecule has 9 rings (SSSR count). The first-order valence-corrected chi connectivity index (χ1v) is 23.6. The molecule has 1 aliphatic heterocycles. The van der Waals surface area contributed by atoms with Gasteiger partial charge in [-0.15, -0.1) is 29.7 Å². The van der Waals surface area contributed by atoms with Crippen LogP contribution in [0.2, 0.25) is 24.2 Å². The Morgan fingerprint density at radius 1 is 0.729 bits per heavy atom. The summed E-state index contributed by atoms with van der Waals surface area (Å²) in [6, 6.07) is 52.3. The Hall–Kier alpha value is -2.65. The molecule has 48 heavy (non-hydrogen) atoms. The van der Waals surface area contributed by atoms with E-state index in [1.165, 1.54) is 81.2 Å². The largest absolute Gasteiger partial charge is 0.168 e. The molecule has 1 unspecified atom stereocenters. The molecule has 0 N–H and O–H groups in total. The van der Waals surface area contributed by atoms with Crippen LogP contribution in [-0.4, -0.2) is 15.0 Å². The number of benzene rings is 5. The molecule has 1 fully saturated rings. The Morgan fingerprint density at radius 3 is 2.06 bits per heavy atom. The van der Waals surface area contributed by atoms with Gasteiger partial charge in [0, 0.05) is 5.92 Å². The fraction of sp³-hybridized carbons (Fsp3) is 0.186. The van der Waals surface area contributed by atoms with E-state index >= 15 is 0 Å². The summed E-state index contributed by atoms with van der Waals surface area (Å²) in [6.07, 6.45) is 3.48. The van der Waals surface area contributed by atoms with Gasteiger partial charge in [-0.2, -0.15) is 17.5 Å². The van der Waals surface area contributed by atoms with Crippen LogP contribution >= 0.6 is 0 Å². The van der Waals surface area contributed by atoms with Crippen molar-refractivity contribution in [3.05, 3.63) is 155 Å². The summed E-state index contributed by atoms with van der Waals surface area (Å²) < 4.78 is 0. The second-order valence-corrected chi connectivity index (χ2v) is 21.4. The van der Waals surface area contributed by atoms with Crippen LogP contribution in [0.1, 0.15) is 48.4 Å². The molecule has 6 aromatic carbocycles. The van der Waals surface area contributed by atoms with E-state index in [1.54, 1.807) is 24.2 Å². The summed E-state index contributed by atoms with van der Waals surface area (Å²) in [5.74, 6) is 0.330. The summed E-state index contributed by atoms with van der Waals surface area (Å²) in [5.41, 5.74) is 13.1. The number of hydrogen-bond acceptors (Lipinski definition) is 0. The third kappa shape index (κ3) is 7.42. The summed E-state index contributed by atoms with van der Waals surface area (Å²) in [5, 5.41) is 5.45. The Bertz CT molecular complexity index is 2070. The second-order valence-electron chi connectivity index (χ2n) is 12.5. The fourth-order valence-electron chi connectivity index (χ4n) is 7.44. The molecule has 6 aromatic rings. The van der Waals surface area contributed by atoms with Gasteiger partial charge in [0.25, 0.3) is 0 Å². The van der Waals surface area contributed by atoms with Crippen molar-refractivity contribution < 1.29 is 48.1 Å². The van der Waals surface area contributed by atoms with Gasteiger partial charge < -0.3 is 24.8 Å². The van der Waals surface area contributed by atoms with Crippen LogP contribution < -0.4 is 24.8 Å². The minimum atomic E-state index is 0. The van der Waals surface area contributed by atoms with E-state index in [1.807, 2.05) is 23.3 Å². The van der Waals surface area contributed by atoms with E-state index < -0.39 is 0 Å². The van der Waals surface area contributed by atoms with Gasteiger partial charge in [-0.05, 0) is 68.6 Å². The Labute approximate surface area is 316 Å². The Balaban J connectivity index is 0.000000206. The van der Waals surface area contributed by atoms with Gasteiger partial charge in [-0.3, -0.25) is 0 Å². The molecule has 5 heteroatoms. The first-order chi connectivity index (χ1) is 22.6. The maximum absolute atomic E-state index is 2.42. The van der Waals surface area contributed by atoms with Crippen LogP contribution in [0.3, 0.4) is 0 Å². The van der Waals surface area contributed by atoms with Crippen LogP contribution in [0.25, 0.3) is 49.9 Å². The standard InChI is InChI=1S/C30H24.C9H7.C4H8Si2.2ClH.Zr/c1-3-22-24-15-7-12-21-13-8-17-26(29(21)24)30(22)28-19(2)18-27-23(14-9-16-25(27)28)20-10-5-4-6-11-20;1-2-5-9-7-3-6-8(9)4-1;1-2-6-4-3-5-1;;;/h4-18,28H,3H2,1-2H3;1-7H;1-4H2;2*1H;/q;-1;;;;+2/p-2. The molecule has 2 radical (unpaired) electrons. The van der Waals surface area contributed by atoms with Crippen LogP contribution in [0, 0.1) is 0 Å². The van der Waals surface area contributed by atoms with Crippen LogP contribution in [0.15, 0.2) is 133 Å². The van der Waals surface area contributed by atoms with Gasteiger partial charge in [0.05, 0.1) is 0 Å². The molecule has 0 amide bonds. The van der Waals surface area contributed by atoms with Crippen LogP contribution in [-0.2, 0) is 23.3 Å². The minimum Gasteiger partial charge on any atom is -0.168 e. The SMILES string of the molecule is CCC1=C(C2C(C)=Cc3c(-c4ccccc4)cccc32)c2cccc3cccc1c23.[Cl-].[Cl-].[Zr+2]=[Si]1CC[Si]CC1.c1ccc2[cH-]ccc2c1. The van der Waals surface area contributed by atoms with Crippen molar-refractivity contribution in [3.63, 3.8) is 0 Å². The summed E-state index contributed by atoms with van der Waals surface area (Å²) in [6.45, 7) is 4.61. The van der Waals surface area contributed by atoms with Gasteiger partial charge in [0.2, 0.25) is 0 Å². The van der Waals surface area contributed by atoms with Crippen molar-refractivity contribution in [2.75, 3.05) is 0 Å². The number of rotatable bonds is 3. The average Bonchev–Trinajstić information content (AvgIpc) is 3.80. The van der Waals surface area contributed by atoms with E-state index in [-0.39, 0.29) is 24.8 Å². The predicted octanol–water partition coefficient (Wildman–Crippen LogP) is 5.99. The maximum atomic E-state index is 2.42. The van der Waals surface area contributed by atoms with E-state index in [2.05, 4.69) is 147 Å². The van der Waals surface area contributed by atoms with Gasteiger partial charge in [-0.1, -0.05) is 110 Å². The van der Waals surface area contributed by atoms with Crippen molar-refractivity contribution in [2.45, 2.75) is 50.4 Å². The van der Waals surface area contributed by atoms with Crippen LogP contribution in [0.5, 0.6) is 0 Å². The normalized spacial score (nSPS) is 15.8. The molecule has 0 bridgehead atoms. The molecule has 2 aliphatic carbocycles. The first-order valence-electron chi connectivity index (χ1n) is 16.6. The van der Waals surface area contributed by atoms with E-state index in [9.17, 15) is 0 Å². The summed E-state index contributed by atoms with van der Waals surface area (Å²) in [7, 11) is 1.33. The first kappa shape index (κ1) is 36.6. The van der Waals surface area contributed by atoms with Crippen molar-refractivity contribution in [2.24, 2.45) is 0 Å². The maximum Gasteiger partial charge on any atom is -0.0809 e. The van der Waals surface area contributed by atoms with Gasteiger partial charge in [0.15, 0.2) is 0 Å². The van der Waals surface area contributed by atoms with E-state index in [0.29, 0.717) is 11.4 Å². The zero-order chi connectivity index (χ0) is 31.5. The average molecular weight is 774 g/mol. The minimum absolute atomic E-state index is 0. The predicted molar refractivity (Wildman–Crippen MR) is 200 cm³/mol. The molecule has 1 saturated heterocycles. The zero-order valence-electron chi connectivity index (χ0n) is 27.6. The second kappa shape index (κ2) is 16.8. The summed E-state index contributed by atoms with van der Waals surface area (Å²) in [4.78, 5) is 0. The summed E-state index contributed by atoms with van der Waals surface area (Å²) >= 11 is 1.88. The number of hydrogen-bond donors (Lipinski definition) is 0. The quantitative estimate of drug-likeness (QED) is 0.153. The molecule has 238 valence electrons. The van der Waals surface area contributed by atoms with E-state index in [0.717, 1.165) is 6.42 Å². The zero-order valence-corrected chi connectivity index (χ0v) is 33.5. The monoisotopic (exact) mass is 771 g/mol. The van der Waals surface area contributed by atoms with Gasteiger partial charge in [0.1, 0.15) is 0 Å². The fourth-order valence-corrected chi connectivity index (χ4v) is 17.3. The Morgan fingerprint density at radius 2 is 1.38 bits per heavy atom. The third-order valence-corrected chi connectivity index (χ3v) is 17.2. The molecular weight excluding hydrogens is 735 g/mol. The molecule has 0 saturated carbocycles. The molecule has 0 nitrogen and oxygen atoms in total. The van der Waals surface area contributed by atoms with Gasteiger partial charge >= 0.3 is 62.5 Å². The molecule has 0 aromatic heterocycles. The van der Waals surface area contributed by atoms with Crippen LogP contribution in [0.4, 0.5) is 0 Å². The van der Waals surface area contributed by atoms with Crippen molar-refractivity contribution >= 4 is 53.7 Å². The topological polar surface area (TPSA) is 0 Å². The van der Waals surface area contributed by atoms with Crippen molar-refractivity contribution in [3.8, 4) is 11.1 Å². The van der Waals surface area contributed by atoms with E-state index in [4.69, 9.17) is 0 Å². The van der Waals surface area contributed by atoms with Gasteiger partial charge in [-0.25, -0.2) is 0 Å². The molecular formula is C43H39Cl2Si2Zr-. The van der Waals surface area contributed by atoms with Crippen molar-refractivity contribution in [1.29, 1.82) is 0 Å². The number of fused-ring (bicyclic) bond motifs is 2. The number of allylic oxidation sites excluding steroid dienone is 3. The molecule has 1 atom stereocenters.